The lowest BCUT2D eigenvalue weighted by Gasteiger charge is -2.31. The van der Waals surface area contributed by atoms with Crippen LogP contribution < -0.4 is 0 Å². The van der Waals surface area contributed by atoms with Gasteiger partial charge < -0.3 is 0 Å². The van der Waals surface area contributed by atoms with Gasteiger partial charge >= 0.3 is 0 Å². The molecule has 0 N–H and O–H groups in total. The molecule has 0 amide bonds. The van der Waals surface area contributed by atoms with E-state index in [4.69, 9.17) is 0 Å². The van der Waals surface area contributed by atoms with Gasteiger partial charge in [0.15, 0.2) is 5.78 Å². The van der Waals surface area contributed by atoms with Crippen LogP contribution in [0.5, 0.6) is 0 Å². The largest absolute Gasteiger partial charge is 0.297 e. The fraction of sp³-hybridized carbons (Fsp3) is 0.923. The van der Waals surface area contributed by atoms with Gasteiger partial charge in [-0.05, 0) is 20.0 Å². The first-order chi connectivity index (χ1) is 6.84. The number of carbonyl (C=O) groups is 1. The maximum atomic E-state index is 12.2. The first kappa shape index (κ1) is 14.6. The molecule has 0 aliphatic carbocycles. The number of hydrogen-bond acceptors (Lipinski definition) is 2. The van der Waals surface area contributed by atoms with Gasteiger partial charge in [-0.25, -0.2) is 0 Å². The van der Waals surface area contributed by atoms with Crippen LogP contribution in [-0.2, 0) is 4.79 Å². The standard InChI is InChI=1S/C13H27NO/c1-7-9-10-11(14(6)8-2)12(15)13(3,4)5/h11H,7-10H2,1-6H3. The third-order valence-electron chi connectivity index (χ3n) is 2.90. The highest BCUT2D eigenvalue weighted by molar-refractivity contribution is 5.88. The molecular formula is C13H27NO. The van der Waals surface area contributed by atoms with Gasteiger partial charge in [0, 0.05) is 5.41 Å². The summed E-state index contributed by atoms with van der Waals surface area (Å²) < 4.78 is 0. The zero-order valence-electron chi connectivity index (χ0n) is 11.3. The van der Waals surface area contributed by atoms with Crippen LogP contribution in [0.4, 0.5) is 0 Å². The normalized spacial score (nSPS) is 14.3. The van der Waals surface area contributed by atoms with E-state index in [2.05, 4.69) is 18.7 Å². The summed E-state index contributed by atoms with van der Waals surface area (Å²) in [5.41, 5.74) is -0.220. The van der Waals surface area contributed by atoms with Crippen molar-refractivity contribution in [2.24, 2.45) is 5.41 Å². The maximum Gasteiger partial charge on any atom is 0.155 e. The van der Waals surface area contributed by atoms with E-state index < -0.39 is 0 Å². The van der Waals surface area contributed by atoms with Crippen LogP contribution in [0.25, 0.3) is 0 Å². The van der Waals surface area contributed by atoms with Gasteiger partial charge in [-0.1, -0.05) is 47.5 Å². The zero-order chi connectivity index (χ0) is 12.1. The summed E-state index contributed by atoms with van der Waals surface area (Å²) in [4.78, 5) is 14.4. The summed E-state index contributed by atoms with van der Waals surface area (Å²) in [5, 5.41) is 0. The van der Waals surface area contributed by atoms with E-state index in [9.17, 15) is 4.79 Å². The van der Waals surface area contributed by atoms with Crippen molar-refractivity contribution in [3.8, 4) is 0 Å². The van der Waals surface area contributed by atoms with E-state index in [1.54, 1.807) is 0 Å². The fourth-order valence-electron chi connectivity index (χ4n) is 1.67. The molecular weight excluding hydrogens is 186 g/mol. The maximum absolute atomic E-state index is 12.2. The van der Waals surface area contributed by atoms with Gasteiger partial charge in [0.25, 0.3) is 0 Å². The second kappa shape index (κ2) is 6.26. The number of ketones is 1. The Morgan fingerprint density at radius 2 is 1.80 bits per heavy atom. The van der Waals surface area contributed by atoms with Crippen molar-refractivity contribution in [2.45, 2.75) is 59.9 Å². The number of nitrogens with zero attached hydrogens (tertiary/aromatic N) is 1. The topological polar surface area (TPSA) is 20.3 Å². The minimum atomic E-state index is -0.220. The molecule has 15 heavy (non-hydrogen) atoms. The highest BCUT2D eigenvalue weighted by atomic mass is 16.1. The van der Waals surface area contributed by atoms with Gasteiger partial charge in [-0.15, -0.1) is 0 Å². The Morgan fingerprint density at radius 3 is 2.13 bits per heavy atom. The summed E-state index contributed by atoms with van der Waals surface area (Å²) in [5.74, 6) is 0.375. The highest BCUT2D eigenvalue weighted by Crippen LogP contribution is 2.22. The van der Waals surface area contributed by atoms with Crippen molar-refractivity contribution in [3.63, 3.8) is 0 Å². The molecule has 0 aromatic rings. The Labute approximate surface area is 95.0 Å². The molecule has 0 aromatic heterocycles. The predicted molar refractivity (Wildman–Crippen MR) is 66.1 cm³/mol. The third-order valence-corrected chi connectivity index (χ3v) is 2.90. The molecule has 2 nitrogen and oxygen atoms in total. The van der Waals surface area contributed by atoms with E-state index >= 15 is 0 Å². The van der Waals surface area contributed by atoms with Crippen molar-refractivity contribution in [2.75, 3.05) is 13.6 Å². The number of carbonyl (C=O) groups excluding carboxylic acids is 1. The fourth-order valence-corrected chi connectivity index (χ4v) is 1.67. The Kier molecular flexibility index (Phi) is 6.11. The summed E-state index contributed by atoms with van der Waals surface area (Å²) in [6.07, 6.45) is 3.29. The van der Waals surface area contributed by atoms with E-state index in [1.165, 1.54) is 0 Å². The van der Waals surface area contributed by atoms with Crippen molar-refractivity contribution in [1.29, 1.82) is 0 Å². The summed E-state index contributed by atoms with van der Waals surface area (Å²) in [6, 6.07) is 0.106. The van der Waals surface area contributed by atoms with Gasteiger partial charge in [0.2, 0.25) is 0 Å². The Bertz CT molecular complexity index is 193. The lowest BCUT2D eigenvalue weighted by molar-refractivity contribution is -0.131. The smallest absolute Gasteiger partial charge is 0.155 e. The molecule has 0 saturated carbocycles. The van der Waals surface area contributed by atoms with Gasteiger partial charge in [0.1, 0.15) is 0 Å². The Hall–Kier alpha value is -0.370. The first-order valence-electron chi connectivity index (χ1n) is 6.09. The van der Waals surface area contributed by atoms with Crippen LogP contribution in [0.3, 0.4) is 0 Å². The summed E-state index contributed by atoms with van der Waals surface area (Å²) in [7, 11) is 2.05. The number of unbranched alkanes of at least 4 members (excludes halogenated alkanes) is 1. The van der Waals surface area contributed by atoms with Crippen LogP contribution in [0.1, 0.15) is 53.9 Å². The average molecular weight is 213 g/mol. The first-order valence-corrected chi connectivity index (χ1v) is 6.09. The van der Waals surface area contributed by atoms with Crippen LogP contribution in [0.15, 0.2) is 0 Å². The number of likely N-dealkylation sites (N-methyl/N-ethyl adjacent to an activating group) is 1. The van der Waals surface area contributed by atoms with Crippen LogP contribution in [0, 0.1) is 5.41 Å². The van der Waals surface area contributed by atoms with Crippen molar-refractivity contribution in [3.05, 3.63) is 0 Å². The molecule has 1 atom stereocenters. The lowest BCUT2D eigenvalue weighted by atomic mass is 9.84. The second-order valence-corrected chi connectivity index (χ2v) is 5.35. The monoisotopic (exact) mass is 213 g/mol. The quantitative estimate of drug-likeness (QED) is 0.675. The third kappa shape index (κ3) is 4.78. The predicted octanol–water partition coefficient (Wildman–Crippen LogP) is 3.11. The molecule has 0 spiro atoms. The second-order valence-electron chi connectivity index (χ2n) is 5.35. The molecule has 1 unspecified atom stereocenters. The minimum absolute atomic E-state index is 0.106. The molecule has 0 aliphatic heterocycles. The molecule has 0 aliphatic rings. The van der Waals surface area contributed by atoms with Crippen molar-refractivity contribution < 1.29 is 4.79 Å². The number of rotatable bonds is 6. The van der Waals surface area contributed by atoms with E-state index in [-0.39, 0.29) is 11.5 Å². The van der Waals surface area contributed by atoms with E-state index in [0.29, 0.717) is 5.78 Å². The van der Waals surface area contributed by atoms with Crippen LogP contribution in [-0.4, -0.2) is 30.3 Å². The van der Waals surface area contributed by atoms with Gasteiger partial charge in [-0.2, -0.15) is 0 Å². The molecule has 0 rings (SSSR count). The molecule has 0 bridgehead atoms. The lowest BCUT2D eigenvalue weighted by Crippen LogP contribution is -2.43. The zero-order valence-corrected chi connectivity index (χ0v) is 11.3. The minimum Gasteiger partial charge on any atom is -0.297 e. The Morgan fingerprint density at radius 1 is 1.27 bits per heavy atom. The molecule has 0 saturated heterocycles. The summed E-state index contributed by atoms with van der Waals surface area (Å²) in [6.45, 7) is 11.3. The highest BCUT2D eigenvalue weighted by Gasteiger charge is 2.30. The molecule has 0 fully saturated rings. The Balaban J connectivity index is 4.55. The van der Waals surface area contributed by atoms with E-state index in [1.807, 2.05) is 27.8 Å². The molecule has 0 radical (unpaired) electrons. The van der Waals surface area contributed by atoms with Crippen molar-refractivity contribution in [1.82, 2.24) is 4.90 Å². The molecule has 0 aromatic carbocycles. The molecule has 0 heterocycles. The molecule has 2 heteroatoms. The van der Waals surface area contributed by atoms with Crippen LogP contribution in [0.2, 0.25) is 0 Å². The van der Waals surface area contributed by atoms with E-state index in [0.717, 1.165) is 25.8 Å². The average Bonchev–Trinajstić information content (AvgIpc) is 2.16. The van der Waals surface area contributed by atoms with Crippen LogP contribution >= 0.6 is 0 Å². The SMILES string of the molecule is CCCCC(C(=O)C(C)(C)C)N(C)CC. The van der Waals surface area contributed by atoms with Gasteiger partial charge in [-0.3, -0.25) is 9.69 Å². The molecule has 90 valence electrons. The number of hydrogen-bond donors (Lipinski definition) is 0. The summed E-state index contributed by atoms with van der Waals surface area (Å²) >= 11 is 0. The van der Waals surface area contributed by atoms with Crippen molar-refractivity contribution >= 4 is 5.78 Å². The number of Topliss-reactive ketones (excluding diaryl/α,β-unsaturated/α-hetero) is 1. The van der Waals surface area contributed by atoms with Gasteiger partial charge in [0.05, 0.1) is 6.04 Å².